The zero-order valence-electron chi connectivity index (χ0n) is 15.7. The first kappa shape index (κ1) is 19.0. The summed E-state index contributed by atoms with van der Waals surface area (Å²) in [4.78, 5) is 30.0. The van der Waals surface area contributed by atoms with E-state index in [9.17, 15) is 9.59 Å². The number of thioether (sulfide) groups is 1. The molecule has 0 saturated heterocycles. The third-order valence-corrected chi connectivity index (χ3v) is 6.32. The van der Waals surface area contributed by atoms with Crippen molar-refractivity contribution in [3.63, 3.8) is 0 Å². The summed E-state index contributed by atoms with van der Waals surface area (Å²) in [5.41, 5.74) is 0.632. The van der Waals surface area contributed by atoms with E-state index in [0.29, 0.717) is 28.5 Å². The van der Waals surface area contributed by atoms with Gasteiger partial charge in [0.25, 0.3) is 5.56 Å². The average Bonchev–Trinajstić information content (AvgIpc) is 2.64. The molecule has 0 bridgehead atoms. The monoisotopic (exact) mass is 373 g/mol. The number of aromatic nitrogens is 2. The first-order valence-corrected chi connectivity index (χ1v) is 10.4. The number of para-hydroxylation sites is 1. The lowest BCUT2D eigenvalue weighted by Gasteiger charge is -2.30. The van der Waals surface area contributed by atoms with Gasteiger partial charge in [-0.3, -0.25) is 14.2 Å². The first-order valence-electron chi connectivity index (χ1n) is 9.48. The van der Waals surface area contributed by atoms with Crippen LogP contribution in [0.15, 0.2) is 34.2 Å². The molecule has 140 valence electrons. The summed E-state index contributed by atoms with van der Waals surface area (Å²) >= 11 is 1.36. The molecule has 1 heterocycles. The van der Waals surface area contributed by atoms with Gasteiger partial charge in [0.2, 0.25) is 5.91 Å². The maximum absolute atomic E-state index is 12.7. The number of nitrogens with zero attached hydrogens (tertiary/aromatic N) is 2. The molecule has 2 aromatic rings. The van der Waals surface area contributed by atoms with E-state index < -0.39 is 0 Å². The zero-order valence-corrected chi connectivity index (χ0v) is 16.5. The SMILES string of the molecule is CCn1c(S[C@H](C)C(=O)N[C@H]2CCCC[C@@H]2C)nc2ccccc2c1=O. The van der Waals surface area contributed by atoms with Gasteiger partial charge in [-0.15, -0.1) is 0 Å². The van der Waals surface area contributed by atoms with Crippen molar-refractivity contribution in [2.45, 2.75) is 69.4 Å². The Labute approximate surface area is 158 Å². The molecule has 1 aliphatic carbocycles. The second-order valence-corrected chi connectivity index (χ2v) is 8.41. The quantitative estimate of drug-likeness (QED) is 0.643. The van der Waals surface area contributed by atoms with Gasteiger partial charge in [0, 0.05) is 12.6 Å². The molecule has 1 saturated carbocycles. The molecular formula is C20H27N3O2S. The fourth-order valence-corrected chi connectivity index (χ4v) is 4.54. The van der Waals surface area contributed by atoms with Crippen LogP contribution in [0.4, 0.5) is 0 Å². The minimum atomic E-state index is -0.296. The Kier molecular flexibility index (Phi) is 6.01. The molecule has 1 fully saturated rings. The maximum Gasteiger partial charge on any atom is 0.262 e. The molecule has 0 aliphatic heterocycles. The van der Waals surface area contributed by atoms with Gasteiger partial charge in [-0.05, 0) is 44.7 Å². The Balaban J connectivity index is 1.79. The molecule has 1 aliphatic rings. The van der Waals surface area contributed by atoms with Crippen molar-refractivity contribution in [2.24, 2.45) is 5.92 Å². The van der Waals surface area contributed by atoms with Crippen molar-refractivity contribution in [1.29, 1.82) is 0 Å². The van der Waals surface area contributed by atoms with E-state index in [2.05, 4.69) is 17.2 Å². The van der Waals surface area contributed by atoms with Gasteiger partial charge in [0.1, 0.15) is 0 Å². The molecule has 1 aromatic carbocycles. The molecule has 0 radical (unpaired) electrons. The number of benzene rings is 1. The van der Waals surface area contributed by atoms with Crippen LogP contribution in [0.25, 0.3) is 10.9 Å². The minimum Gasteiger partial charge on any atom is -0.352 e. The van der Waals surface area contributed by atoms with Crippen LogP contribution in [-0.4, -0.2) is 26.8 Å². The lowest BCUT2D eigenvalue weighted by Crippen LogP contribution is -2.44. The minimum absolute atomic E-state index is 0.0267. The molecular weight excluding hydrogens is 346 g/mol. The Morgan fingerprint density at radius 1 is 1.35 bits per heavy atom. The highest BCUT2D eigenvalue weighted by Crippen LogP contribution is 2.26. The summed E-state index contributed by atoms with van der Waals surface area (Å²) < 4.78 is 1.65. The molecule has 6 heteroatoms. The predicted molar refractivity (Wildman–Crippen MR) is 107 cm³/mol. The van der Waals surface area contributed by atoms with Gasteiger partial charge in [-0.25, -0.2) is 4.98 Å². The first-order chi connectivity index (χ1) is 12.5. The lowest BCUT2D eigenvalue weighted by molar-refractivity contribution is -0.121. The standard InChI is InChI=1S/C20H27N3O2S/c1-4-23-19(25)15-10-6-8-12-17(15)22-20(23)26-14(3)18(24)21-16-11-7-5-9-13(16)2/h6,8,10,12-14,16H,4-5,7,9,11H2,1-3H3,(H,21,24)/t13-,14+,16-/m0/s1. The van der Waals surface area contributed by atoms with Crippen molar-refractivity contribution < 1.29 is 4.79 Å². The molecule has 1 amide bonds. The zero-order chi connectivity index (χ0) is 18.7. The van der Waals surface area contributed by atoms with E-state index in [-0.39, 0.29) is 22.8 Å². The number of hydrogen-bond donors (Lipinski definition) is 1. The third kappa shape index (κ3) is 3.95. The summed E-state index contributed by atoms with van der Waals surface area (Å²) in [6.07, 6.45) is 4.66. The summed E-state index contributed by atoms with van der Waals surface area (Å²) in [5, 5.41) is 4.13. The molecule has 3 atom stereocenters. The summed E-state index contributed by atoms with van der Waals surface area (Å²) in [5.74, 6) is 0.552. The number of rotatable bonds is 5. The van der Waals surface area contributed by atoms with Gasteiger partial charge in [0.05, 0.1) is 16.2 Å². The Morgan fingerprint density at radius 3 is 2.81 bits per heavy atom. The van der Waals surface area contributed by atoms with Gasteiger partial charge in [0.15, 0.2) is 5.16 Å². The molecule has 0 spiro atoms. The van der Waals surface area contributed by atoms with Crippen molar-refractivity contribution in [2.75, 3.05) is 0 Å². The van der Waals surface area contributed by atoms with Crippen LogP contribution < -0.4 is 10.9 Å². The highest BCUT2D eigenvalue weighted by atomic mass is 32.2. The van der Waals surface area contributed by atoms with Crippen molar-refractivity contribution in [1.82, 2.24) is 14.9 Å². The molecule has 26 heavy (non-hydrogen) atoms. The number of amides is 1. The van der Waals surface area contributed by atoms with Crippen LogP contribution in [-0.2, 0) is 11.3 Å². The van der Waals surface area contributed by atoms with Crippen LogP contribution in [0.1, 0.15) is 46.5 Å². The van der Waals surface area contributed by atoms with E-state index in [1.807, 2.05) is 32.0 Å². The van der Waals surface area contributed by atoms with E-state index in [0.717, 1.165) is 6.42 Å². The smallest absolute Gasteiger partial charge is 0.262 e. The summed E-state index contributed by atoms with van der Waals surface area (Å²) in [7, 11) is 0. The molecule has 1 N–H and O–H groups in total. The van der Waals surface area contributed by atoms with Crippen LogP contribution in [0.5, 0.6) is 0 Å². The largest absolute Gasteiger partial charge is 0.352 e. The fourth-order valence-electron chi connectivity index (χ4n) is 3.56. The lowest BCUT2D eigenvalue weighted by atomic mass is 9.86. The molecule has 0 unspecified atom stereocenters. The van der Waals surface area contributed by atoms with Crippen LogP contribution in [0, 0.1) is 5.92 Å². The normalized spacial score (nSPS) is 21.5. The topological polar surface area (TPSA) is 64.0 Å². The molecule has 1 aromatic heterocycles. The van der Waals surface area contributed by atoms with E-state index >= 15 is 0 Å². The predicted octanol–water partition coefficient (Wildman–Crippen LogP) is 3.59. The number of fused-ring (bicyclic) bond motifs is 1. The highest BCUT2D eigenvalue weighted by Gasteiger charge is 2.26. The fraction of sp³-hybridized carbons (Fsp3) is 0.550. The van der Waals surface area contributed by atoms with E-state index in [1.54, 1.807) is 10.6 Å². The highest BCUT2D eigenvalue weighted by molar-refractivity contribution is 8.00. The third-order valence-electron chi connectivity index (χ3n) is 5.23. The number of hydrogen-bond acceptors (Lipinski definition) is 4. The second kappa shape index (κ2) is 8.25. The second-order valence-electron chi connectivity index (χ2n) is 7.10. The summed E-state index contributed by atoms with van der Waals surface area (Å²) in [6.45, 7) is 6.56. The Morgan fingerprint density at radius 2 is 2.08 bits per heavy atom. The Bertz CT molecular complexity index is 849. The van der Waals surface area contributed by atoms with Gasteiger partial charge in [-0.2, -0.15) is 0 Å². The van der Waals surface area contributed by atoms with Crippen LogP contribution in [0.3, 0.4) is 0 Å². The number of carbonyl (C=O) groups is 1. The van der Waals surface area contributed by atoms with Gasteiger partial charge >= 0.3 is 0 Å². The van der Waals surface area contributed by atoms with Crippen molar-refractivity contribution in [3.8, 4) is 0 Å². The van der Waals surface area contributed by atoms with Gasteiger partial charge < -0.3 is 5.32 Å². The van der Waals surface area contributed by atoms with E-state index in [4.69, 9.17) is 0 Å². The average molecular weight is 374 g/mol. The molecule has 5 nitrogen and oxygen atoms in total. The van der Waals surface area contributed by atoms with E-state index in [1.165, 1.54) is 31.0 Å². The molecule has 3 rings (SSSR count). The summed E-state index contributed by atoms with van der Waals surface area (Å²) in [6, 6.07) is 7.62. The maximum atomic E-state index is 12.7. The van der Waals surface area contributed by atoms with Crippen LogP contribution in [0.2, 0.25) is 0 Å². The van der Waals surface area contributed by atoms with Crippen molar-refractivity contribution >= 4 is 28.6 Å². The Hall–Kier alpha value is -1.82. The van der Waals surface area contributed by atoms with Gasteiger partial charge in [-0.1, -0.05) is 43.7 Å². The van der Waals surface area contributed by atoms with Crippen molar-refractivity contribution in [3.05, 3.63) is 34.6 Å². The number of carbonyl (C=O) groups excluding carboxylic acids is 1. The van der Waals surface area contributed by atoms with Crippen LogP contribution >= 0.6 is 11.8 Å². The number of nitrogens with one attached hydrogen (secondary N) is 1.